The predicted octanol–water partition coefficient (Wildman–Crippen LogP) is 4.02. The third kappa shape index (κ3) is 8.96. The molecule has 2 aliphatic heterocycles. The molecule has 0 aromatic heterocycles. The van der Waals surface area contributed by atoms with Crippen molar-refractivity contribution in [2.45, 2.75) is 65.2 Å². The molecule has 0 unspecified atom stereocenters. The topological polar surface area (TPSA) is 111 Å². The van der Waals surface area contributed by atoms with E-state index in [1.165, 1.54) is 16.7 Å². The van der Waals surface area contributed by atoms with Gasteiger partial charge in [0.05, 0.1) is 12.8 Å². The molecule has 0 saturated carbocycles. The van der Waals surface area contributed by atoms with Gasteiger partial charge in [-0.15, -0.1) is 0 Å². The van der Waals surface area contributed by atoms with Crippen molar-refractivity contribution < 1.29 is 19.5 Å². The van der Waals surface area contributed by atoms with E-state index in [1.54, 1.807) is 0 Å². The summed E-state index contributed by atoms with van der Waals surface area (Å²) in [6, 6.07) is 12.1. The summed E-state index contributed by atoms with van der Waals surface area (Å²) >= 11 is 0. The predicted molar refractivity (Wildman–Crippen MR) is 152 cm³/mol. The number of aliphatic carboxylic acids is 1. The highest BCUT2D eigenvalue weighted by Crippen LogP contribution is 2.27. The summed E-state index contributed by atoms with van der Waals surface area (Å²) in [5, 5.41) is 17.9. The Labute approximate surface area is 226 Å². The summed E-state index contributed by atoms with van der Waals surface area (Å²) in [7, 11) is 0. The number of benzene rings is 2. The van der Waals surface area contributed by atoms with Gasteiger partial charge >= 0.3 is 5.97 Å². The summed E-state index contributed by atoms with van der Waals surface area (Å²) in [4.78, 5) is 35.8. The summed E-state index contributed by atoms with van der Waals surface area (Å²) in [6.45, 7) is 9.03. The molecule has 4 rings (SSSR count). The van der Waals surface area contributed by atoms with Crippen LogP contribution in [-0.4, -0.2) is 60.5 Å². The second kappa shape index (κ2) is 15.2. The van der Waals surface area contributed by atoms with Crippen molar-refractivity contribution >= 4 is 29.2 Å². The largest absolute Gasteiger partial charge is 0.481 e. The number of amides is 2. The third-order valence-electron chi connectivity index (χ3n) is 6.87. The van der Waals surface area contributed by atoms with Crippen LogP contribution in [0, 0.1) is 0 Å². The molecule has 8 heteroatoms. The molecule has 4 N–H and O–H groups in total. The van der Waals surface area contributed by atoms with E-state index in [-0.39, 0.29) is 18.2 Å². The maximum absolute atomic E-state index is 11.5. The normalized spacial score (nSPS) is 13.4. The number of hydrogen-bond acceptors (Lipinski definition) is 5. The lowest BCUT2D eigenvalue weighted by Gasteiger charge is -2.21. The Kier molecular flexibility index (Phi) is 11.8. The van der Waals surface area contributed by atoms with Crippen LogP contribution in [0.1, 0.15) is 61.8 Å². The Bertz CT molecular complexity index is 1100. The molecular weight excluding hydrogens is 480 g/mol. The monoisotopic (exact) mass is 522 g/mol. The number of nitrogens with zero attached hydrogens (tertiary/aromatic N) is 1. The number of fused-ring (bicyclic) bond motifs is 2. The lowest BCUT2D eigenvalue weighted by atomic mass is 10.0. The van der Waals surface area contributed by atoms with Gasteiger partial charge < -0.3 is 26.0 Å². The molecule has 0 saturated heterocycles. The molecular formula is C30H42N4O4. The first-order valence-corrected chi connectivity index (χ1v) is 13.9. The summed E-state index contributed by atoms with van der Waals surface area (Å²) < 4.78 is 0. The maximum Gasteiger partial charge on any atom is 0.303 e. The average Bonchev–Trinajstić information content (AvgIpc) is 3.46. The quantitative estimate of drug-likeness (QED) is 0.279. The highest BCUT2D eigenvalue weighted by molar-refractivity contribution is 6.00. The van der Waals surface area contributed by atoms with Gasteiger partial charge in [0.2, 0.25) is 11.8 Å². The summed E-state index contributed by atoms with van der Waals surface area (Å²) in [5.41, 5.74) is 6.75. The van der Waals surface area contributed by atoms with Crippen molar-refractivity contribution in [2.24, 2.45) is 0 Å². The van der Waals surface area contributed by atoms with Gasteiger partial charge in [0.15, 0.2) is 0 Å². The highest BCUT2D eigenvalue weighted by atomic mass is 16.4. The number of anilines is 2. The molecule has 206 valence electrons. The molecule has 2 heterocycles. The van der Waals surface area contributed by atoms with E-state index >= 15 is 0 Å². The minimum Gasteiger partial charge on any atom is -0.481 e. The zero-order chi connectivity index (χ0) is 27.3. The number of rotatable bonds is 14. The Balaban J connectivity index is 0.000000221. The zero-order valence-corrected chi connectivity index (χ0v) is 22.8. The fraction of sp³-hybridized carbons (Fsp3) is 0.500. The number of hydrogen-bond donors (Lipinski definition) is 4. The Morgan fingerprint density at radius 2 is 1.45 bits per heavy atom. The molecule has 8 nitrogen and oxygen atoms in total. The van der Waals surface area contributed by atoms with Gasteiger partial charge in [-0.3, -0.25) is 14.4 Å². The van der Waals surface area contributed by atoms with Crippen LogP contribution < -0.4 is 16.0 Å². The number of carboxylic acid groups (broad SMARTS) is 1. The van der Waals surface area contributed by atoms with Crippen molar-refractivity contribution in [3.63, 3.8) is 0 Å². The third-order valence-corrected chi connectivity index (χ3v) is 6.87. The van der Waals surface area contributed by atoms with Crippen LogP contribution in [0.5, 0.6) is 0 Å². The second-order valence-electron chi connectivity index (χ2n) is 9.93. The molecule has 0 spiro atoms. The van der Waals surface area contributed by atoms with Crippen LogP contribution in [0.15, 0.2) is 36.4 Å². The number of carboxylic acids is 1. The molecule has 2 aromatic rings. The van der Waals surface area contributed by atoms with E-state index in [1.807, 2.05) is 24.3 Å². The van der Waals surface area contributed by atoms with Gasteiger partial charge in [-0.25, -0.2) is 0 Å². The molecule has 2 amide bonds. The van der Waals surface area contributed by atoms with Crippen molar-refractivity contribution in [1.29, 1.82) is 0 Å². The van der Waals surface area contributed by atoms with Crippen molar-refractivity contribution in [3.8, 4) is 0 Å². The first-order chi connectivity index (χ1) is 18.4. The fourth-order valence-corrected chi connectivity index (χ4v) is 5.01. The molecule has 0 aliphatic carbocycles. The highest BCUT2D eigenvalue weighted by Gasteiger charge is 2.21. The number of carbonyl (C=O) groups is 3. The van der Waals surface area contributed by atoms with Gasteiger partial charge in [0, 0.05) is 24.3 Å². The molecule has 38 heavy (non-hydrogen) atoms. The zero-order valence-electron chi connectivity index (χ0n) is 22.8. The smallest absolute Gasteiger partial charge is 0.303 e. The van der Waals surface area contributed by atoms with Crippen molar-refractivity contribution in [3.05, 3.63) is 58.7 Å². The lowest BCUT2D eigenvalue weighted by Crippen LogP contribution is -2.28. The first-order valence-electron chi connectivity index (χ1n) is 13.9. The number of nitrogens with one attached hydrogen (secondary N) is 3. The van der Waals surface area contributed by atoms with E-state index in [0.29, 0.717) is 19.3 Å². The molecule has 2 aromatic carbocycles. The maximum atomic E-state index is 11.5. The van der Waals surface area contributed by atoms with Gasteiger partial charge in [-0.1, -0.05) is 38.1 Å². The van der Waals surface area contributed by atoms with Gasteiger partial charge in [0.25, 0.3) is 0 Å². The minimum absolute atomic E-state index is 0.0642. The lowest BCUT2D eigenvalue weighted by molar-refractivity contribution is -0.137. The number of carbonyl (C=O) groups excluding carboxylic acids is 2. The molecule has 0 radical (unpaired) electrons. The van der Waals surface area contributed by atoms with Crippen molar-refractivity contribution in [1.82, 2.24) is 10.2 Å². The fourth-order valence-electron chi connectivity index (χ4n) is 5.01. The SMILES string of the molecule is CCCN(CCCC(=O)O)CCc1cccc2c1CC(=O)N2.CCCNCCc1cccc2c1CC(=O)N2. The summed E-state index contributed by atoms with van der Waals surface area (Å²) in [6.07, 6.45) is 6.02. The van der Waals surface area contributed by atoms with Crippen LogP contribution in [0.25, 0.3) is 0 Å². The second-order valence-corrected chi connectivity index (χ2v) is 9.93. The standard InChI is InChI=1S/C17H24N2O3.C13H18N2O/c1-2-9-19(10-4-7-17(21)22)11-8-13-5-3-6-15-14(13)12-16(20)18-15;1-2-7-14-8-6-10-4-3-5-12-11(10)9-13(16)15-12/h3,5-6H,2,4,7-12H2,1H3,(H,18,20)(H,21,22);3-5,14H,2,6-9H2,1H3,(H,15,16). The van der Waals surface area contributed by atoms with E-state index in [0.717, 1.165) is 75.3 Å². The van der Waals surface area contributed by atoms with Gasteiger partial charge in [-0.05, 0) is 92.7 Å². The van der Waals surface area contributed by atoms with Crippen LogP contribution in [0.3, 0.4) is 0 Å². The van der Waals surface area contributed by atoms with Crippen LogP contribution in [-0.2, 0) is 40.1 Å². The van der Waals surface area contributed by atoms with Crippen LogP contribution in [0.2, 0.25) is 0 Å². The van der Waals surface area contributed by atoms with E-state index < -0.39 is 5.97 Å². The molecule has 2 aliphatic rings. The van der Waals surface area contributed by atoms with Gasteiger partial charge in [-0.2, -0.15) is 0 Å². The first kappa shape index (κ1) is 29.3. The minimum atomic E-state index is -0.734. The molecule has 0 fully saturated rings. The average molecular weight is 523 g/mol. The van der Waals surface area contributed by atoms with Crippen LogP contribution >= 0.6 is 0 Å². The van der Waals surface area contributed by atoms with E-state index in [2.05, 4.69) is 46.8 Å². The molecule has 0 bridgehead atoms. The van der Waals surface area contributed by atoms with Crippen molar-refractivity contribution in [2.75, 3.05) is 43.4 Å². The Morgan fingerprint density at radius 3 is 2.00 bits per heavy atom. The Morgan fingerprint density at radius 1 is 0.842 bits per heavy atom. The molecule has 0 atom stereocenters. The van der Waals surface area contributed by atoms with Gasteiger partial charge in [0.1, 0.15) is 0 Å². The Hall–Kier alpha value is -3.23. The summed E-state index contributed by atoms with van der Waals surface area (Å²) in [5.74, 6) is -0.555. The van der Waals surface area contributed by atoms with Crippen LogP contribution in [0.4, 0.5) is 11.4 Å². The van der Waals surface area contributed by atoms with E-state index in [9.17, 15) is 14.4 Å². The van der Waals surface area contributed by atoms with E-state index in [4.69, 9.17) is 5.11 Å².